The van der Waals surface area contributed by atoms with E-state index in [0.717, 1.165) is 5.52 Å². The fourth-order valence-corrected chi connectivity index (χ4v) is 1.49. The SMILES string of the molecule is Nc1ccc2nc(NCc3ncn[nH]3)oc2c1. The number of anilines is 2. The number of nitrogen functional groups attached to an aromatic ring is 1. The molecule has 0 saturated heterocycles. The van der Waals surface area contributed by atoms with Crippen LogP contribution in [0.25, 0.3) is 11.1 Å². The molecule has 0 unspecified atom stereocenters. The minimum atomic E-state index is 0.432. The van der Waals surface area contributed by atoms with Gasteiger partial charge in [-0.25, -0.2) is 4.98 Å². The van der Waals surface area contributed by atoms with E-state index in [1.165, 1.54) is 6.33 Å². The Kier molecular flexibility index (Phi) is 2.14. The van der Waals surface area contributed by atoms with Gasteiger partial charge in [-0.15, -0.1) is 0 Å². The molecule has 86 valence electrons. The highest BCUT2D eigenvalue weighted by Gasteiger charge is 2.05. The van der Waals surface area contributed by atoms with Gasteiger partial charge in [-0.3, -0.25) is 5.10 Å². The number of nitrogens with zero attached hydrogens (tertiary/aromatic N) is 3. The van der Waals surface area contributed by atoms with E-state index in [2.05, 4.69) is 25.5 Å². The molecule has 0 aliphatic carbocycles. The molecule has 2 heterocycles. The minimum Gasteiger partial charge on any atom is -0.423 e. The first kappa shape index (κ1) is 9.64. The highest BCUT2D eigenvalue weighted by molar-refractivity contribution is 5.77. The Bertz CT molecular complexity index is 629. The van der Waals surface area contributed by atoms with Crippen molar-refractivity contribution in [3.05, 3.63) is 30.4 Å². The zero-order chi connectivity index (χ0) is 11.7. The lowest BCUT2D eigenvalue weighted by Gasteiger charge is -1.95. The summed E-state index contributed by atoms with van der Waals surface area (Å²) in [6.45, 7) is 0.475. The van der Waals surface area contributed by atoms with Crippen molar-refractivity contribution in [3.8, 4) is 0 Å². The smallest absolute Gasteiger partial charge is 0.296 e. The first-order valence-corrected chi connectivity index (χ1v) is 5.05. The van der Waals surface area contributed by atoms with Gasteiger partial charge in [-0.1, -0.05) is 0 Å². The Balaban J connectivity index is 1.81. The largest absolute Gasteiger partial charge is 0.423 e. The van der Waals surface area contributed by atoms with E-state index in [9.17, 15) is 0 Å². The third kappa shape index (κ3) is 1.89. The summed E-state index contributed by atoms with van der Waals surface area (Å²) in [5, 5.41) is 9.49. The van der Waals surface area contributed by atoms with Gasteiger partial charge in [0.25, 0.3) is 6.01 Å². The van der Waals surface area contributed by atoms with Crippen LogP contribution in [0, 0.1) is 0 Å². The number of hydrogen-bond donors (Lipinski definition) is 3. The zero-order valence-corrected chi connectivity index (χ0v) is 8.84. The van der Waals surface area contributed by atoms with Gasteiger partial charge >= 0.3 is 0 Å². The summed E-state index contributed by atoms with van der Waals surface area (Å²) in [7, 11) is 0. The molecule has 1 aromatic carbocycles. The molecule has 0 radical (unpaired) electrons. The molecule has 7 heteroatoms. The van der Waals surface area contributed by atoms with Crippen molar-refractivity contribution in [2.24, 2.45) is 0 Å². The molecule has 0 saturated carbocycles. The Morgan fingerprint density at radius 2 is 2.35 bits per heavy atom. The summed E-state index contributed by atoms with van der Waals surface area (Å²) in [6.07, 6.45) is 1.45. The number of aromatic amines is 1. The van der Waals surface area contributed by atoms with E-state index in [-0.39, 0.29) is 0 Å². The third-order valence-corrected chi connectivity index (χ3v) is 2.28. The number of nitrogens with one attached hydrogen (secondary N) is 2. The molecule has 0 bridgehead atoms. The number of hydrogen-bond acceptors (Lipinski definition) is 6. The second-order valence-corrected chi connectivity index (χ2v) is 3.53. The van der Waals surface area contributed by atoms with Gasteiger partial charge < -0.3 is 15.5 Å². The summed E-state index contributed by atoms with van der Waals surface area (Å²) in [6, 6.07) is 5.77. The summed E-state index contributed by atoms with van der Waals surface area (Å²) in [4.78, 5) is 8.24. The number of oxazole rings is 1. The molecule has 7 nitrogen and oxygen atoms in total. The van der Waals surface area contributed by atoms with Gasteiger partial charge in [0.05, 0.1) is 6.54 Å². The molecular formula is C10H10N6O. The number of fused-ring (bicyclic) bond motifs is 1. The summed E-state index contributed by atoms with van der Waals surface area (Å²) in [5.74, 6) is 0.715. The third-order valence-electron chi connectivity index (χ3n) is 2.28. The molecular weight excluding hydrogens is 220 g/mol. The van der Waals surface area contributed by atoms with E-state index in [4.69, 9.17) is 10.2 Å². The quantitative estimate of drug-likeness (QED) is 0.582. The number of benzene rings is 1. The maximum absolute atomic E-state index is 5.65. The van der Waals surface area contributed by atoms with Crippen LogP contribution in [0.4, 0.5) is 11.7 Å². The number of nitrogens with two attached hydrogens (primary N) is 1. The lowest BCUT2D eigenvalue weighted by Crippen LogP contribution is -2.01. The van der Waals surface area contributed by atoms with Crippen molar-refractivity contribution in [1.82, 2.24) is 20.2 Å². The standard InChI is InChI=1S/C10H10N6O/c11-6-1-2-7-8(3-6)17-10(15-7)12-4-9-13-5-14-16-9/h1-3,5H,4,11H2,(H,12,15)(H,13,14,16). The molecule has 0 atom stereocenters. The number of aromatic nitrogens is 4. The Labute approximate surface area is 96.1 Å². The summed E-state index contributed by atoms with van der Waals surface area (Å²) in [5.41, 5.74) is 7.72. The van der Waals surface area contributed by atoms with E-state index < -0.39 is 0 Å². The van der Waals surface area contributed by atoms with Crippen LogP contribution in [0.3, 0.4) is 0 Å². The molecule has 17 heavy (non-hydrogen) atoms. The van der Waals surface area contributed by atoms with Crippen LogP contribution in [0.15, 0.2) is 28.9 Å². The molecule has 4 N–H and O–H groups in total. The Morgan fingerprint density at radius 3 is 3.18 bits per heavy atom. The van der Waals surface area contributed by atoms with Crippen molar-refractivity contribution in [2.45, 2.75) is 6.54 Å². The molecule has 2 aromatic heterocycles. The molecule has 0 aliphatic rings. The maximum Gasteiger partial charge on any atom is 0.296 e. The van der Waals surface area contributed by atoms with Crippen molar-refractivity contribution in [2.75, 3.05) is 11.1 Å². The lowest BCUT2D eigenvalue weighted by atomic mass is 10.3. The van der Waals surface area contributed by atoms with Crippen molar-refractivity contribution in [1.29, 1.82) is 0 Å². The number of H-pyrrole nitrogens is 1. The van der Waals surface area contributed by atoms with Crippen molar-refractivity contribution < 1.29 is 4.42 Å². The second kappa shape index (κ2) is 3.78. The van der Waals surface area contributed by atoms with Gasteiger partial charge in [0.1, 0.15) is 17.7 Å². The van der Waals surface area contributed by atoms with Gasteiger partial charge in [-0.05, 0) is 12.1 Å². The molecule has 0 amide bonds. The number of rotatable bonds is 3. The van der Waals surface area contributed by atoms with Crippen LogP contribution >= 0.6 is 0 Å². The van der Waals surface area contributed by atoms with Crippen LogP contribution in [0.1, 0.15) is 5.82 Å². The van der Waals surface area contributed by atoms with Gasteiger partial charge in [-0.2, -0.15) is 10.1 Å². The maximum atomic E-state index is 5.65. The summed E-state index contributed by atoms with van der Waals surface area (Å²) < 4.78 is 5.48. The molecule has 0 fully saturated rings. The fourth-order valence-electron chi connectivity index (χ4n) is 1.49. The summed E-state index contributed by atoms with van der Waals surface area (Å²) >= 11 is 0. The van der Waals surface area contributed by atoms with Crippen LogP contribution in [-0.4, -0.2) is 20.2 Å². The lowest BCUT2D eigenvalue weighted by molar-refractivity contribution is 0.613. The fraction of sp³-hybridized carbons (Fsp3) is 0.100. The van der Waals surface area contributed by atoms with Crippen LogP contribution in [0.2, 0.25) is 0 Å². The van der Waals surface area contributed by atoms with E-state index >= 15 is 0 Å². The van der Waals surface area contributed by atoms with E-state index in [1.807, 2.05) is 6.07 Å². The zero-order valence-electron chi connectivity index (χ0n) is 8.84. The first-order chi connectivity index (χ1) is 8.31. The normalized spacial score (nSPS) is 10.8. The second-order valence-electron chi connectivity index (χ2n) is 3.53. The van der Waals surface area contributed by atoms with E-state index in [1.54, 1.807) is 12.1 Å². The topological polar surface area (TPSA) is 106 Å². The first-order valence-electron chi connectivity index (χ1n) is 5.05. The van der Waals surface area contributed by atoms with Crippen LogP contribution < -0.4 is 11.1 Å². The minimum absolute atomic E-state index is 0.432. The average molecular weight is 230 g/mol. The van der Waals surface area contributed by atoms with Crippen molar-refractivity contribution >= 4 is 22.8 Å². The molecule has 0 aliphatic heterocycles. The molecule has 3 aromatic rings. The monoisotopic (exact) mass is 230 g/mol. The highest BCUT2D eigenvalue weighted by Crippen LogP contribution is 2.21. The van der Waals surface area contributed by atoms with E-state index in [0.29, 0.717) is 29.7 Å². The van der Waals surface area contributed by atoms with Crippen LogP contribution in [0.5, 0.6) is 0 Å². The average Bonchev–Trinajstić information content (AvgIpc) is 2.94. The Morgan fingerprint density at radius 1 is 1.41 bits per heavy atom. The Hall–Kier alpha value is -2.57. The van der Waals surface area contributed by atoms with Gasteiger partial charge in [0.15, 0.2) is 5.58 Å². The predicted molar refractivity (Wildman–Crippen MR) is 62.1 cm³/mol. The van der Waals surface area contributed by atoms with Gasteiger partial charge in [0.2, 0.25) is 0 Å². The van der Waals surface area contributed by atoms with Crippen molar-refractivity contribution in [3.63, 3.8) is 0 Å². The highest BCUT2D eigenvalue weighted by atomic mass is 16.4. The molecule has 0 spiro atoms. The molecule has 3 rings (SSSR count). The predicted octanol–water partition coefficient (Wildman–Crippen LogP) is 1.14. The van der Waals surface area contributed by atoms with Gasteiger partial charge in [0, 0.05) is 11.8 Å². The van der Waals surface area contributed by atoms with Crippen LogP contribution in [-0.2, 0) is 6.54 Å².